The lowest BCUT2D eigenvalue weighted by Gasteiger charge is -2.42. The minimum atomic E-state index is -3.87. The minimum Gasteiger partial charge on any atom is -0.478 e. The van der Waals surface area contributed by atoms with Crippen molar-refractivity contribution in [2.75, 3.05) is 5.75 Å². The van der Waals surface area contributed by atoms with Crippen molar-refractivity contribution < 1.29 is 23.1 Å². The molecule has 0 radical (unpaired) electrons. The van der Waals surface area contributed by atoms with E-state index in [1.54, 1.807) is 6.07 Å². The van der Waals surface area contributed by atoms with Crippen molar-refractivity contribution in [3.05, 3.63) is 64.7 Å². The monoisotopic (exact) mass is 414 g/mol. The van der Waals surface area contributed by atoms with Gasteiger partial charge in [0.25, 0.3) is 0 Å². The summed E-state index contributed by atoms with van der Waals surface area (Å²) in [5.41, 5.74) is 2.63. The van der Waals surface area contributed by atoms with Gasteiger partial charge in [-0.2, -0.15) is 0 Å². The summed E-state index contributed by atoms with van der Waals surface area (Å²) < 4.78 is 25.3. The number of ketones is 1. The fourth-order valence-corrected chi connectivity index (χ4v) is 5.14. The van der Waals surface area contributed by atoms with Gasteiger partial charge in [-0.3, -0.25) is 4.79 Å². The maximum absolute atomic E-state index is 12.8. The highest BCUT2D eigenvalue weighted by Crippen LogP contribution is 2.45. The van der Waals surface area contributed by atoms with Gasteiger partial charge in [-0.1, -0.05) is 39.8 Å². The van der Waals surface area contributed by atoms with Gasteiger partial charge in [-0.05, 0) is 65.1 Å². The molecule has 0 heterocycles. The fourth-order valence-electron chi connectivity index (χ4n) is 3.91. The SMILES string of the molecule is CC1(C)CCC(C)(C)c2cc(C(=O)CS(=O)(=O)c3ccc(C(=O)O)cc3)ccc21. The van der Waals surface area contributed by atoms with E-state index in [4.69, 9.17) is 5.11 Å². The first kappa shape index (κ1) is 21.2. The smallest absolute Gasteiger partial charge is 0.335 e. The van der Waals surface area contributed by atoms with Gasteiger partial charge in [0.1, 0.15) is 5.75 Å². The molecule has 1 N–H and O–H groups in total. The molecule has 2 aromatic rings. The van der Waals surface area contributed by atoms with Gasteiger partial charge in [0.2, 0.25) is 0 Å². The third-order valence-electron chi connectivity index (χ3n) is 5.96. The molecule has 0 saturated heterocycles. The van der Waals surface area contributed by atoms with Crippen LogP contribution >= 0.6 is 0 Å². The molecule has 2 aromatic carbocycles. The van der Waals surface area contributed by atoms with Gasteiger partial charge >= 0.3 is 5.97 Å². The van der Waals surface area contributed by atoms with E-state index in [1.165, 1.54) is 29.8 Å². The van der Waals surface area contributed by atoms with Crippen LogP contribution in [0.1, 0.15) is 72.4 Å². The highest BCUT2D eigenvalue weighted by Gasteiger charge is 2.37. The van der Waals surface area contributed by atoms with Crippen molar-refractivity contribution >= 4 is 21.6 Å². The highest BCUT2D eigenvalue weighted by molar-refractivity contribution is 7.92. The summed E-state index contributed by atoms with van der Waals surface area (Å²) >= 11 is 0. The Morgan fingerprint density at radius 3 is 1.93 bits per heavy atom. The molecule has 0 amide bonds. The molecule has 0 unspecified atom stereocenters. The Balaban J connectivity index is 1.90. The van der Waals surface area contributed by atoms with Crippen molar-refractivity contribution in [1.82, 2.24) is 0 Å². The first-order chi connectivity index (χ1) is 13.3. The van der Waals surface area contributed by atoms with Crippen LogP contribution in [-0.4, -0.2) is 31.0 Å². The van der Waals surface area contributed by atoms with Gasteiger partial charge in [0.15, 0.2) is 15.6 Å². The fraction of sp³-hybridized carbons (Fsp3) is 0.391. The molecule has 1 aliphatic rings. The molecule has 0 aliphatic heterocycles. The van der Waals surface area contributed by atoms with Crippen LogP contribution in [0.15, 0.2) is 47.4 Å². The van der Waals surface area contributed by atoms with E-state index in [-0.39, 0.29) is 21.3 Å². The van der Waals surface area contributed by atoms with E-state index in [0.29, 0.717) is 5.56 Å². The van der Waals surface area contributed by atoms with Crippen molar-refractivity contribution in [3.8, 4) is 0 Å². The molecule has 5 nitrogen and oxygen atoms in total. The van der Waals surface area contributed by atoms with E-state index >= 15 is 0 Å². The topological polar surface area (TPSA) is 88.5 Å². The molecule has 154 valence electrons. The molecule has 0 atom stereocenters. The Morgan fingerprint density at radius 2 is 1.38 bits per heavy atom. The Hall–Kier alpha value is -2.47. The Labute approximate surface area is 171 Å². The Bertz CT molecular complexity index is 1080. The van der Waals surface area contributed by atoms with Crippen LogP contribution in [-0.2, 0) is 20.7 Å². The molecule has 6 heteroatoms. The molecule has 0 bridgehead atoms. The van der Waals surface area contributed by atoms with Gasteiger partial charge in [0.05, 0.1) is 10.5 Å². The third kappa shape index (κ3) is 4.13. The van der Waals surface area contributed by atoms with E-state index < -0.39 is 27.3 Å². The average molecular weight is 415 g/mol. The molecule has 0 aromatic heterocycles. The number of hydrogen-bond acceptors (Lipinski definition) is 4. The first-order valence-corrected chi connectivity index (χ1v) is 11.2. The van der Waals surface area contributed by atoms with Crippen molar-refractivity contribution in [1.29, 1.82) is 0 Å². The minimum absolute atomic E-state index is 0.00481. The number of Topliss-reactive ketones (excluding diaryl/α,β-unsaturated/α-hetero) is 1. The van der Waals surface area contributed by atoms with Crippen molar-refractivity contribution in [2.24, 2.45) is 0 Å². The molecule has 1 aliphatic carbocycles. The maximum Gasteiger partial charge on any atom is 0.335 e. The number of aromatic carboxylic acids is 1. The van der Waals surface area contributed by atoms with E-state index in [2.05, 4.69) is 27.7 Å². The number of hydrogen-bond donors (Lipinski definition) is 1. The number of rotatable bonds is 5. The summed E-state index contributed by atoms with van der Waals surface area (Å²) in [5, 5.41) is 8.95. The molecular weight excluding hydrogens is 388 g/mol. The van der Waals surface area contributed by atoms with Crippen LogP contribution in [0.3, 0.4) is 0 Å². The zero-order chi connectivity index (χ0) is 21.6. The number of carbonyl (C=O) groups is 2. The molecule has 0 saturated carbocycles. The zero-order valence-electron chi connectivity index (χ0n) is 17.2. The molecular formula is C23H26O5S. The van der Waals surface area contributed by atoms with Crippen molar-refractivity contribution in [2.45, 2.75) is 56.3 Å². The van der Waals surface area contributed by atoms with Crippen LogP contribution < -0.4 is 0 Å². The standard InChI is InChI=1S/C23H26O5S/c1-22(2)11-12-23(3,4)19-13-16(7-10-18(19)22)20(24)14-29(27,28)17-8-5-15(6-9-17)21(25)26/h5-10,13H,11-12,14H2,1-4H3,(H,25,26). The molecule has 29 heavy (non-hydrogen) atoms. The predicted molar refractivity (Wildman–Crippen MR) is 112 cm³/mol. The van der Waals surface area contributed by atoms with Gasteiger partial charge in [-0.25, -0.2) is 13.2 Å². The number of carboxylic acids is 1. The van der Waals surface area contributed by atoms with Gasteiger partial charge in [0, 0.05) is 5.56 Å². The van der Waals surface area contributed by atoms with E-state index in [0.717, 1.165) is 18.4 Å². The molecule has 0 spiro atoms. The van der Waals surface area contributed by atoms with Crippen LogP contribution in [0.5, 0.6) is 0 Å². The van der Waals surface area contributed by atoms with Crippen LogP contribution in [0.4, 0.5) is 0 Å². The van der Waals surface area contributed by atoms with Gasteiger partial charge in [-0.15, -0.1) is 0 Å². The normalized spacial score (nSPS) is 17.4. The molecule has 3 rings (SSSR count). The number of benzene rings is 2. The lowest BCUT2D eigenvalue weighted by atomic mass is 9.63. The summed E-state index contributed by atoms with van der Waals surface area (Å²) in [6.07, 6.45) is 2.06. The largest absolute Gasteiger partial charge is 0.478 e. The first-order valence-electron chi connectivity index (χ1n) is 9.58. The summed E-state index contributed by atoms with van der Waals surface area (Å²) in [6, 6.07) is 10.4. The number of sulfone groups is 1. The summed E-state index contributed by atoms with van der Waals surface area (Å²) in [7, 11) is -3.87. The summed E-state index contributed by atoms with van der Waals surface area (Å²) in [4.78, 5) is 23.7. The van der Waals surface area contributed by atoms with Crippen LogP contribution in [0.2, 0.25) is 0 Å². The molecule has 0 fully saturated rings. The highest BCUT2D eigenvalue weighted by atomic mass is 32.2. The predicted octanol–water partition coefficient (Wildman–Crippen LogP) is 4.39. The van der Waals surface area contributed by atoms with E-state index in [1.807, 2.05) is 12.1 Å². The number of carboxylic acid groups (broad SMARTS) is 1. The average Bonchev–Trinajstić information content (AvgIpc) is 2.65. The second kappa shape index (κ2) is 7.10. The lowest BCUT2D eigenvalue weighted by Crippen LogP contribution is -2.34. The summed E-state index contributed by atoms with van der Waals surface area (Å²) in [5.74, 6) is -2.25. The Kier molecular flexibility index (Phi) is 5.20. The van der Waals surface area contributed by atoms with Crippen molar-refractivity contribution in [3.63, 3.8) is 0 Å². The quantitative estimate of drug-likeness (QED) is 0.733. The second-order valence-corrected chi connectivity index (χ2v) is 11.0. The zero-order valence-corrected chi connectivity index (χ0v) is 18.0. The van der Waals surface area contributed by atoms with Crippen LogP contribution in [0.25, 0.3) is 0 Å². The van der Waals surface area contributed by atoms with E-state index in [9.17, 15) is 18.0 Å². The summed E-state index contributed by atoms with van der Waals surface area (Å²) in [6.45, 7) is 8.67. The number of carbonyl (C=O) groups excluding carboxylic acids is 1. The maximum atomic E-state index is 12.8. The Morgan fingerprint density at radius 1 is 0.862 bits per heavy atom. The van der Waals surface area contributed by atoms with Gasteiger partial charge < -0.3 is 5.11 Å². The van der Waals surface area contributed by atoms with Crippen LogP contribution in [0, 0.1) is 0 Å². The third-order valence-corrected chi connectivity index (χ3v) is 7.59. The number of fused-ring (bicyclic) bond motifs is 1. The lowest BCUT2D eigenvalue weighted by molar-refractivity contribution is 0.0696. The second-order valence-electron chi connectivity index (χ2n) is 9.04.